The Bertz CT molecular complexity index is 1150. The zero-order chi connectivity index (χ0) is 21.3. The maximum Gasteiger partial charge on any atom is 0.265 e. The highest BCUT2D eigenvalue weighted by atomic mass is 32.2. The van der Waals surface area contributed by atoms with E-state index in [1.54, 1.807) is 54.3 Å². The number of halogens is 1. The van der Waals surface area contributed by atoms with Crippen LogP contribution in [-0.4, -0.2) is 54.7 Å². The fraction of sp³-hybridized carbons (Fsp3) is 0.238. The zero-order valence-electron chi connectivity index (χ0n) is 16.3. The van der Waals surface area contributed by atoms with Gasteiger partial charge in [-0.2, -0.15) is 4.31 Å². The highest BCUT2D eigenvalue weighted by Crippen LogP contribution is 2.29. The number of piperazine rings is 1. The van der Waals surface area contributed by atoms with Crippen LogP contribution < -0.4 is 0 Å². The smallest absolute Gasteiger partial charge is 0.265 e. The number of carbonyl (C=O) groups is 1. The number of benzene rings is 2. The first-order valence-corrected chi connectivity index (χ1v) is 11.7. The molecule has 0 radical (unpaired) electrons. The molecular formula is C21H20FN3O3S2. The van der Waals surface area contributed by atoms with Crippen LogP contribution in [0, 0.1) is 12.7 Å². The van der Waals surface area contributed by atoms with E-state index in [0.717, 1.165) is 5.56 Å². The summed E-state index contributed by atoms with van der Waals surface area (Å²) in [6, 6.07) is 14.3. The van der Waals surface area contributed by atoms with E-state index in [0.29, 0.717) is 28.7 Å². The van der Waals surface area contributed by atoms with Crippen LogP contribution in [0.1, 0.15) is 15.4 Å². The summed E-state index contributed by atoms with van der Waals surface area (Å²) in [5.41, 5.74) is 1.37. The van der Waals surface area contributed by atoms with E-state index in [-0.39, 0.29) is 29.7 Å². The van der Waals surface area contributed by atoms with Gasteiger partial charge in [-0.3, -0.25) is 4.79 Å². The van der Waals surface area contributed by atoms with Crippen LogP contribution in [0.4, 0.5) is 4.39 Å². The van der Waals surface area contributed by atoms with E-state index >= 15 is 0 Å². The van der Waals surface area contributed by atoms with E-state index in [9.17, 15) is 17.6 Å². The standard InChI is InChI=1S/C21H20FN3O3S2/c1-15-19(29-20(23-15)16-7-9-17(22)10-8-16)21(26)24-11-13-25(14-12-24)30(27,28)18-5-3-2-4-6-18/h2-10H,11-14H2,1H3. The maximum atomic E-state index is 13.2. The van der Waals surface area contributed by atoms with Crippen molar-refractivity contribution >= 4 is 27.3 Å². The van der Waals surface area contributed by atoms with Crippen LogP contribution in [0.25, 0.3) is 10.6 Å². The first-order valence-electron chi connectivity index (χ1n) is 9.44. The van der Waals surface area contributed by atoms with Crippen molar-refractivity contribution < 1.29 is 17.6 Å². The van der Waals surface area contributed by atoms with Crippen molar-refractivity contribution in [3.8, 4) is 10.6 Å². The lowest BCUT2D eigenvalue weighted by Gasteiger charge is -2.33. The predicted molar refractivity (Wildman–Crippen MR) is 113 cm³/mol. The van der Waals surface area contributed by atoms with Crippen molar-refractivity contribution in [3.05, 3.63) is 71.0 Å². The Hall–Kier alpha value is -2.62. The fourth-order valence-corrected chi connectivity index (χ4v) is 5.81. The van der Waals surface area contributed by atoms with Crippen molar-refractivity contribution in [1.29, 1.82) is 0 Å². The zero-order valence-corrected chi connectivity index (χ0v) is 17.9. The van der Waals surface area contributed by atoms with E-state index in [4.69, 9.17) is 0 Å². The minimum Gasteiger partial charge on any atom is -0.335 e. The van der Waals surface area contributed by atoms with Crippen molar-refractivity contribution in [1.82, 2.24) is 14.2 Å². The number of amides is 1. The molecule has 0 bridgehead atoms. The summed E-state index contributed by atoms with van der Waals surface area (Å²) in [4.78, 5) is 19.9. The van der Waals surface area contributed by atoms with Gasteiger partial charge in [-0.25, -0.2) is 17.8 Å². The Balaban J connectivity index is 1.47. The molecule has 1 amide bonds. The van der Waals surface area contributed by atoms with Gasteiger partial charge in [0.15, 0.2) is 0 Å². The highest BCUT2D eigenvalue weighted by Gasteiger charge is 2.31. The molecule has 1 aliphatic heterocycles. The molecule has 156 valence electrons. The quantitative estimate of drug-likeness (QED) is 0.617. The number of nitrogens with zero attached hydrogens (tertiary/aromatic N) is 3. The molecule has 6 nitrogen and oxygen atoms in total. The monoisotopic (exact) mass is 445 g/mol. The molecule has 3 aromatic rings. The summed E-state index contributed by atoms with van der Waals surface area (Å²) in [6.45, 7) is 2.88. The van der Waals surface area contributed by atoms with E-state index in [2.05, 4.69) is 4.98 Å². The lowest BCUT2D eigenvalue weighted by Crippen LogP contribution is -2.50. The molecule has 1 saturated heterocycles. The summed E-state index contributed by atoms with van der Waals surface area (Å²) >= 11 is 1.27. The minimum absolute atomic E-state index is 0.157. The number of hydrogen-bond donors (Lipinski definition) is 0. The van der Waals surface area contributed by atoms with Crippen LogP contribution in [0.3, 0.4) is 0 Å². The molecule has 1 aromatic heterocycles. The highest BCUT2D eigenvalue weighted by molar-refractivity contribution is 7.89. The topological polar surface area (TPSA) is 70.6 Å². The van der Waals surface area contributed by atoms with Crippen molar-refractivity contribution in [2.75, 3.05) is 26.2 Å². The normalized spacial score (nSPS) is 15.3. The molecule has 0 unspecified atom stereocenters. The summed E-state index contributed by atoms with van der Waals surface area (Å²) in [5.74, 6) is -0.484. The number of aryl methyl sites for hydroxylation is 1. The first-order chi connectivity index (χ1) is 14.4. The molecule has 0 aliphatic carbocycles. The molecule has 4 rings (SSSR count). The Morgan fingerprint density at radius 2 is 1.63 bits per heavy atom. The third-order valence-corrected chi connectivity index (χ3v) is 8.10. The molecule has 2 heterocycles. The second-order valence-electron chi connectivity index (χ2n) is 6.95. The lowest BCUT2D eigenvalue weighted by molar-refractivity contribution is 0.0702. The Labute approximate surface area is 178 Å². The van der Waals surface area contributed by atoms with Crippen LogP contribution in [0.15, 0.2) is 59.5 Å². The molecule has 1 aliphatic rings. The molecule has 9 heteroatoms. The van der Waals surface area contributed by atoms with Gasteiger partial charge < -0.3 is 4.90 Å². The SMILES string of the molecule is Cc1nc(-c2ccc(F)cc2)sc1C(=O)N1CCN(S(=O)(=O)c2ccccc2)CC1. The van der Waals surface area contributed by atoms with Gasteiger partial charge >= 0.3 is 0 Å². The van der Waals surface area contributed by atoms with E-state index in [1.807, 2.05) is 0 Å². The Morgan fingerprint density at radius 3 is 2.27 bits per heavy atom. The average molecular weight is 446 g/mol. The Morgan fingerprint density at radius 1 is 1.00 bits per heavy atom. The van der Waals surface area contributed by atoms with E-state index in [1.165, 1.54) is 27.8 Å². The maximum absolute atomic E-state index is 13.2. The number of rotatable bonds is 4. The lowest BCUT2D eigenvalue weighted by atomic mass is 10.2. The third-order valence-electron chi connectivity index (χ3n) is 4.99. The van der Waals surface area contributed by atoms with Crippen LogP contribution in [-0.2, 0) is 10.0 Å². The van der Waals surface area contributed by atoms with Gasteiger partial charge in [0, 0.05) is 31.7 Å². The summed E-state index contributed by atoms with van der Waals surface area (Å²) in [7, 11) is -3.56. The van der Waals surface area contributed by atoms with Gasteiger partial charge in [0.05, 0.1) is 10.6 Å². The predicted octanol–water partition coefficient (Wildman–Crippen LogP) is 3.40. The largest absolute Gasteiger partial charge is 0.335 e. The molecule has 0 N–H and O–H groups in total. The third kappa shape index (κ3) is 4.00. The molecule has 30 heavy (non-hydrogen) atoms. The number of hydrogen-bond acceptors (Lipinski definition) is 5. The van der Waals surface area contributed by atoms with Crippen molar-refractivity contribution in [2.45, 2.75) is 11.8 Å². The van der Waals surface area contributed by atoms with Gasteiger partial charge in [0.1, 0.15) is 15.7 Å². The van der Waals surface area contributed by atoms with Gasteiger partial charge in [0.25, 0.3) is 5.91 Å². The van der Waals surface area contributed by atoms with Crippen molar-refractivity contribution in [2.24, 2.45) is 0 Å². The molecule has 0 saturated carbocycles. The minimum atomic E-state index is -3.56. The summed E-state index contributed by atoms with van der Waals surface area (Å²) < 4.78 is 40.1. The second-order valence-corrected chi connectivity index (χ2v) is 9.89. The number of thiazole rings is 1. The van der Waals surface area contributed by atoms with Gasteiger partial charge in [-0.15, -0.1) is 11.3 Å². The number of sulfonamides is 1. The average Bonchev–Trinajstić information content (AvgIpc) is 3.16. The summed E-state index contributed by atoms with van der Waals surface area (Å²) in [5, 5.41) is 0.654. The Kier molecular flexibility index (Phi) is 5.68. The summed E-state index contributed by atoms with van der Waals surface area (Å²) in [6.07, 6.45) is 0. The number of aromatic nitrogens is 1. The van der Waals surface area contributed by atoms with Crippen LogP contribution in [0.2, 0.25) is 0 Å². The van der Waals surface area contributed by atoms with Gasteiger partial charge in [-0.05, 0) is 43.3 Å². The van der Waals surface area contributed by atoms with Crippen LogP contribution in [0.5, 0.6) is 0 Å². The second kappa shape index (κ2) is 8.25. The molecule has 0 atom stereocenters. The molecule has 0 spiro atoms. The molecule has 2 aromatic carbocycles. The fourth-order valence-electron chi connectivity index (χ4n) is 3.33. The van der Waals surface area contributed by atoms with Gasteiger partial charge in [-0.1, -0.05) is 18.2 Å². The number of carbonyl (C=O) groups excluding carboxylic acids is 1. The van der Waals surface area contributed by atoms with Gasteiger partial charge in [0.2, 0.25) is 10.0 Å². The molecule has 1 fully saturated rings. The van der Waals surface area contributed by atoms with Crippen molar-refractivity contribution in [3.63, 3.8) is 0 Å². The van der Waals surface area contributed by atoms with Crippen LogP contribution >= 0.6 is 11.3 Å². The van der Waals surface area contributed by atoms with E-state index < -0.39 is 10.0 Å². The molecular weight excluding hydrogens is 425 g/mol. The first kappa shape index (κ1) is 20.6.